The fourth-order valence-corrected chi connectivity index (χ4v) is 8.57. The van der Waals surface area contributed by atoms with Crippen molar-refractivity contribution >= 4 is 29.7 Å². The number of hydrazine groups is 1. The Morgan fingerprint density at radius 3 is 2.00 bits per heavy atom. The van der Waals surface area contributed by atoms with Crippen LogP contribution in [0.2, 0.25) is 0 Å². The van der Waals surface area contributed by atoms with Crippen LogP contribution in [0.1, 0.15) is 38.2 Å². The third-order valence-corrected chi connectivity index (χ3v) is 10.5. The van der Waals surface area contributed by atoms with Gasteiger partial charge in [0.25, 0.3) is 10.0 Å². The van der Waals surface area contributed by atoms with Crippen molar-refractivity contribution in [1.82, 2.24) is 9.84 Å². The molecule has 8 nitrogen and oxygen atoms in total. The van der Waals surface area contributed by atoms with Crippen LogP contribution in [0.15, 0.2) is 29.2 Å². The van der Waals surface area contributed by atoms with Crippen LogP contribution < -0.4 is 5.43 Å². The molecule has 1 aromatic carbocycles. The molecule has 1 aromatic rings. The van der Waals surface area contributed by atoms with Crippen molar-refractivity contribution in [3.05, 3.63) is 29.8 Å². The summed E-state index contributed by atoms with van der Waals surface area (Å²) in [6.07, 6.45) is 0.470. The van der Waals surface area contributed by atoms with E-state index in [9.17, 15) is 25.3 Å². The lowest BCUT2D eigenvalue weighted by Gasteiger charge is -2.30. The molecule has 0 spiro atoms. The third-order valence-electron chi connectivity index (χ3n) is 5.19. The highest BCUT2D eigenvalue weighted by Gasteiger charge is 2.41. The highest BCUT2D eigenvalue weighted by Crippen LogP contribution is 2.26. The van der Waals surface area contributed by atoms with Crippen molar-refractivity contribution in [2.24, 2.45) is 0 Å². The Morgan fingerprint density at radius 2 is 1.54 bits per heavy atom. The van der Waals surface area contributed by atoms with E-state index < -0.39 is 41.8 Å². The maximum atomic E-state index is 13.3. The maximum Gasteiger partial charge on any atom is 0.256 e. The van der Waals surface area contributed by atoms with E-state index in [1.165, 1.54) is 12.1 Å². The quantitative estimate of drug-likeness (QED) is 0.633. The summed E-state index contributed by atoms with van der Waals surface area (Å²) in [6, 6.07) is 5.17. The van der Waals surface area contributed by atoms with E-state index in [0.717, 1.165) is 9.98 Å². The second kappa shape index (κ2) is 7.67. The molecule has 28 heavy (non-hydrogen) atoms. The molecule has 0 amide bonds. The monoisotopic (exact) mass is 450 g/mol. The van der Waals surface area contributed by atoms with E-state index in [4.69, 9.17) is 0 Å². The minimum Gasteiger partial charge on any atom is -0.237 e. The number of nitrogens with one attached hydrogen (secondary N) is 1. The predicted octanol–water partition coefficient (Wildman–Crippen LogP) is 0.680. The Labute approximate surface area is 167 Å². The summed E-state index contributed by atoms with van der Waals surface area (Å²) in [4.78, 5) is 0.0505. The summed E-state index contributed by atoms with van der Waals surface area (Å²) in [6.45, 7) is 4.00. The first-order chi connectivity index (χ1) is 12.9. The van der Waals surface area contributed by atoms with Gasteiger partial charge in [0, 0.05) is 6.04 Å². The Morgan fingerprint density at radius 1 is 0.964 bits per heavy atom. The maximum absolute atomic E-state index is 13.3. The van der Waals surface area contributed by atoms with E-state index in [-0.39, 0.29) is 40.2 Å². The molecule has 1 N–H and O–H groups in total. The van der Waals surface area contributed by atoms with Crippen LogP contribution in [0.4, 0.5) is 0 Å². The van der Waals surface area contributed by atoms with E-state index >= 15 is 0 Å². The van der Waals surface area contributed by atoms with Gasteiger partial charge in [-0.25, -0.2) is 30.7 Å². The van der Waals surface area contributed by atoms with Gasteiger partial charge < -0.3 is 0 Å². The Kier molecular flexibility index (Phi) is 5.95. The van der Waals surface area contributed by atoms with E-state index in [2.05, 4.69) is 5.43 Å². The first kappa shape index (κ1) is 21.7. The molecule has 11 heteroatoms. The highest BCUT2D eigenvalue weighted by atomic mass is 32.2. The van der Waals surface area contributed by atoms with Gasteiger partial charge >= 0.3 is 0 Å². The van der Waals surface area contributed by atoms with Gasteiger partial charge in [0.2, 0.25) is 0 Å². The van der Waals surface area contributed by atoms with Crippen LogP contribution in [0, 0.1) is 0 Å². The molecule has 2 fully saturated rings. The van der Waals surface area contributed by atoms with Crippen LogP contribution in [-0.4, -0.2) is 64.8 Å². The lowest BCUT2D eigenvalue weighted by atomic mass is 10.0. The molecule has 0 aliphatic carbocycles. The van der Waals surface area contributed by atoms with E-state index in [1.54, 1.807) is 12.1 Å². The smallest absolute Gasteiger partial charge is 0.237 e. The van der Waals surface area contributed by atoms with Gasteiger partial charge in [-0.2, -0.15) is 0 Å². The van der Waals surface area contributed by atoms with Crippen molar-refractivity contribution in [2.45, 2.75) is 49.6 Å². The molecular weight excluding hydrogens is 424 g/mol. The SMILES string of the molecule is CC(C)c1ccc(S(=O)(=O)N(N[C@H]2CCS(=O)(=O)C2)[C@@H]2CCS(=O)(=O)C2)cc1. The zero-order valence-corrected chi connectivity index (χ0v) is 18.4. The first-order valence-corrected chi connectivity index (χ1v) is 14.3. The molecule has 0 saturated carbocycles. The topological polar surface area (TPSA) is 118 Å². The van der Waals surface area contributed by atoms with Gasteiger partial charge in [-0.3, -0.25) is 0 Å². The van der Waals surface area contributed by atoms with Crippen molar-refractivity contribution in [3.8, 4) is 0 Å². The molecule has 2 aliphatic heterocycles. The Balaban J connectivity index is 1.92. The fourth-order valence-electron chi connectivity index (χ4n) is 3.55. The predicted molar refractivity (Wildman–Crippen MR) is 107 cm³/mol. The van der Waals surface area contributed by atoms with Crippen LogP contribution in [-0.2, 0) is 29.7 Å². The van der Waals surface area contributed by atoms with Gasteiger partial charge in [-0.15, -0.1) is 4.41 Å². The van der Waals surface area contributed by atoms with Gasteiger partial charge in [0.15, 0.2) is 19.7 Å². The largest absolute Gasteiger partial charge is 0.256 e. The lowest BCUT2D eigenvalue weighted by molar-refractivity contribution is 0.229. The Hall–Kier alpha value is -1.01. The number of hydrogen-bond acceptors (Lipinski definition) is 7. The van der Waals surface area contributed by atoms with Crippen LogP contribution in [0.3, 0.4) is 0 Å². The fraction of sp³-hybridized carbons (Fsp3) is 0.647. The third kappa shape index (κ3) is 4.76. The van der Waals surface area contributed by atoms with Gasteiger partial charge in [0.05, 0.1) is 33.9 Å². The van der Waals surface area contributed by atoms with Crippen LogP contribution >= 0.6 is 0 Å². The summed E-state index contributed by atoms with van der Waals surface area (Å²) in [7, 11) is -10.6. The highest BCUT2D eigenvalue weighted by molar-refractivity contribution is 7.92. The summed E-state index contributed by atoms with van der Waals surface area (Å²) < 4.78 is 74.9. The average molecular weight is 451 g/mol. The summed E-state index contributed by atoms with van der Waals surface area (Å²) >= 11 is 0. The number of nitrogens with zero attached hydrogens (tertiary/aromatic N) is 1. The molecule has 2 saturated heterocycles. The molecule has 158 valence electrons. The second-order valence-electron chi connectivity index (χ2n) is 7.81. The molecule has 2 heterocycles. The number of rotatable bonds is 6. The lowest BCUT2D eigenvalue weighted by Crippen LogP contribution is -2.54. The zero-order valence-electron chi connectivity index (χ0n) is 15.9. The molecule has 2 aliphatic rings. The van der Waals surface area contributed by atoms with Crippen molar-refractivity contribution < 1.29 is 25.3 Å². The molecule has 0 radical (unpaired) electrons. The minimum absolute atomic E-state index is 0.00932. The number of benzene rings is 1. The van der Waals surface area contributed by atoms with Crippen molar-refractivity contribution in [3.63, 3.8) is 0 Å². The molecule has 0 unspecified atom stereocenters. The standard InChI is InChI=1S/C17H26N2O6S3/c1-13(2)14-3-5-17(6-4-14)28(24,25)19(16-8-10-27(22,23)12-16)18-15-7-9-26(20,21)11-15/h3-6,13,15-16,18H,7-12H2,1-2H3/t15-,16+/m0/s1. The van der Waals surface area contributed by atoms with Crippen LogP contribution in [0.25, 0.3) is 0 Å². The summed E-state index contributed by atoms with van der Waals surface area (Å²) in [5, 5.41) is 0. The molecular formula is C17H26N2O6S3. The van der Waals surface area contributed by atoms with Gasteiger partial charge in [-0.05, 0) is 36.5 Å². The van der Waals surface area contributed by atoms with Crippen LogP contribution in [0.5, 0.6) is 0 Å². The Bertz CT molecular complexity index is 1030. The van der Waals surface area contributed by atoms with Crippen molar-refractivity contribution in [2.75, 3.05) is 23.0 Å². The number of sulfone groups is 2. The molecule has 3 rings (SSSR count). The minimum atomic E-state index is -4.04. The molecule has 0 bridgehead atoms. The van der Waals surface area contributed by atoms with E-state index in [1.807, 2.05) is 13.8 Å². The number of hydrogen-bond donors (Lipinski definition) is 1. The van der Waals surface area contributed by atoms with Gasteiger partial charge in [0.1, 0.15) is 0 Å². The summed E-state index contributed by atoms with van der Waals surface area (Å²) in [5.74, 6) is -0.284. The molecule has 2 atom stereocenters. The summed E-state index contributed by atoms with van der Waals surface area (Å²) in [5.41, 5.74) is 3.82. The molecule has 0 aromatic heterocycles. The average Bonchev–Trinajstić information content (AvgIpc) is 3.13. The number of sulfonamides is 1. The van der Waals surface area contributed by atoms with Gasteiger partial charge in [-0.1, -0.05) is 26.0 Å². The van der Waals surface area contributed by atoms with E-state index in [0.29, 0.717) is 6.42 Å². The van der Waals surface area contributed by atoms with Crippen molar-refractivity contribution in [1.29, 1.82) is 0 Å². The second-order valence-corrected chi connectivity index (χ2v) is 14.1. The normalized spacial score (nSPS) is 26.9. The zero-order chi connectivity index (χ0) is 20.7. The first-order valence-electron chi connectivity index (χ1n) is 9.21.